The second kappa shape index (κ2) is 6.87. The summed E-state index contributed by atoms with van der Waals surface area (Å²) in [7, 11) is 0. The monoisotopic (exact) mass is 377 g/mol. The van der Waals surface area contributed by atoms with Crippen LogP contribution < -0.4 is 5.32 Å². The van der Waals surface area contributed by atoms with Crippen molar-refractivity contribution in [3.05, 3.63) is 64.7 Å². The van der Waals surface area contributed by atoms with E-state index < -0.39 is 11.7 Å². The Labute approximate surface area is 151 Å². The Morgan fingerprint density at radius 3 is 2.19 bits per heavy atom. The molecule has 1 heterocycles. The Morgan fingerprint density at radius 1 is 1.00 bits per heavy atom. The van der Waals surface area contributed by atoms with Gasteiger partial charge in [0.15, 0.2) is 0 Å². The molecular formula is C18H14F3N3OS. The molecule has 3 aromatic rings. The van der Waals surface area contributed by atoms with Crippen LogP contribution in [0.5, 0.6) is 0 Å². The van der Waals surface area contributed by atoms with Gasteiger partial charge >= 0.3 is 6.18 Å². The number of hydrogen-bond donors (Lipinski definition) is 1. The molecule has 0 saturated carbocycles. The maximum atomic E-state index is 12.6. The van der Waals surface area contributed by atoms with Crippen molar-refractivity contribution in [3.63, 3.8) is 0 Å². The van der Waals surface area contributed by atoms with Gasteiger partial charge in [-0.05, 0) is 37.1 Å². The highest BCUT2D eigenvalue weighted by atomic mass is 32.1. The van der Waals surface area contributed by atoms with Crippen molar-refractivity contribution >= 4 is 22.4 Å². The number of aromatic nitrogens is 2. The third-order valence-corrected chi connectivity index (χ3v) is 4.70. The van der Waals surface area contributed by atoms with E-state index in [2.05, 4.69) is 15.5 Å². The van der Waals surface area contributed by atoms with Crippen LogP contribution in [0.15, 0.2) is 42.5 Å². The quantitative estimate of drug-likeness (QED) is 0.691. The first kappa shape index (κ1) is 18.1. The molecule has 0 unspecified atom stereocenters. The minimum Gasteiger partial charge on any atom is -0.296 e. The summed E-state index contributed by atoms with van der Waals surface area (Å²) < 4.78 is 37.9. The van der Waals surface area contributed by atoms with E-state index in [1.807, 2.05) is 32.0 Å². The van der Waals surface area contributed by atoms with Crippen molar-refractivity contribution in [2.45, 2.75) is 20.0 Å². The lowest BCUT2D eigenvalue weighted by Gasteiger charge is -2.08. The van der Waals surface area contributed by atoms with Gasteiger partial charge in [0.1, 0.15) is 5.01 Å². The zero-order chi connectivity index (χ0) is 18.9. The predicted octanol–water partition coefficient (Wildman–Crippen LogP) is 5.09. The van der Waals surface area contributed by atoms with E-state index in [9.17, 15) is 18.0 Å². The molecular weight excluding hydrogens is 363 g/mol. The number of hydrogen-bond acceptors (Lipinski definition) is 4. The number of carbonyl (C=O) groups is 1. The summed E-state index contributed by atoms with van der Waals surface area (Å²) in [4.78, 5) is 12.5. The zero-order valence-electron chi connectivity index (χ0n) is 13.9. The van der Waals surface area contributed by atoms with Crippen LogP contribution in [0.25, 0.3) is 10.6 Å². The van der Waals surface area contributed by atoms with E-state index in [0.29, 0.717) is 16.1 Å². The van der Waals surface area contributed by atoms with Crippen molar-refractivity contribution in [1.82, 2.24) is 10.2 Å². The lowest BCUT2D eigenvalue weighted by molar-refractivity contribution is -0.137. The van der Waals surface area contributed by atoms with Gasteiger partial charge in [0, 0.05) is 11.1 Å². The summed E-state index contributed by atoms with van der Waals surface area (Å²) in [5.41, 5.74) is 2.03. The van der Waals surface area contributed by atoms with Crippen LogP contribution in [0.2, 0.25) is 0 Å². The molecule has 134 valence electrons. The normalized spacial score (nSPS) is 11.4. The molecule has 0 atom stereocenters. The fraction of sp³-hybridized carbons (Fsp3) is 0.167. The van der Waals surface area contributed by atoms with Crippen LogP contribution >= 0.6 is 11.3 Å². The van der Waals surface area contributed by atoms with Gasteiger partial charge < -0.3 is 0 Å². The molecule has 0 spiro atoms. The average Bonchev–Trinajstić information content (AvgIpc) is 3.02. The molecule has 4 nitrogen and oxygen atoms in total. The Morgan fingerprint density at radius 2 is 1.62 bits per heavy atom. The van der Waals surface area contributed by atoms with E-state index in [1.165, 1.54) is 12.1 Å². The van der Waals surface area contributed by atoms with Crippen molar-refractivity contribution < 1.29 is 18.0 Å². The van der Waals surface area contributed by atoms with Gasteiger partial charge in [-0.3, -0.25) is 10.1 Å². The molecule has 0 radical (unpaired) electrons. The SMILES string of the molecule is Cc1cccc(C)c1C(=O)Nc1nnc(-c2ccc(C(F)(F)F)cc2)s1. The van der Waals surface area contributed by atoms with Gasteiger partial charge in [-0.1, -0.05) is 41.7 Å². The van der Waals surface area contributed by atoms with E-state index in [4.69, 9.17) is 0 Å². The minimum absolute atomic E-state index is 0.285. The van der Waals surface area contributed by atoms with Gasteiger partial charge in [0.25, 0.3) is 5.91 Å². The number of amides is 1. The molecule has 26 heavy (non-hydrogen) atoms. The standard InChI is InChI=1S/C18H14F3N3OS/c1-10-4-3-5-11(2)14(10)15(25)22-17-24-23-16(26-17)12-6-8-13(9-7-12)18(19,20)21/h3-9H,1-2H3,(H,22,24,25). The molecule has 1 N–H and O–H groups in total. The summed E-state index contributed by atoms with van der Waals surface area (Å²) in [5.74, 6) is -0.296. The van der Waals surface area contributed by atoms with E-state index in [0.717, 1.165) is 34.6 Å². The molecule has 3 rings (SSSR count). The lowest BCUT2D eigenvalue weighted by Crippen LogP contribution is -2.14. The van der Waals surface area contributed by atoms with Gasteiger partial charge in [0.2, 0.25) is 5.13 Å². The highest BCUT2D eigenvalue weighted by Gasteiger charge is 2.30. The largest absolute Gasteiger partial charge is 0.416 e. The number of aryl methyl sites for hydroxylation is 2. The third-order valence-electron chi connectivity index (χ3n) is 3.81. The number of nitrogens with one attached hydrogen (secondary N) is 1. The molecule has 2 aromatic carbocycles. The first-order valence-corrected chi connectivity index (χ1v) is 8.46. The Balaban J connectivity index is 1.79. The van der Waals surface area contributed by atoms with Crippen molar-refractivity contribution in [2.75, 3.05) is 5.32 Å². The summed E-state index contributed by atoms with van der Waals surface area (Å²) >= 11 is 1.10. The van der Waals surface area contributed by atoms with E-state index in [1.54, 1.807) is 0 Å². The molecule has 0 aliphatic heterocycles. The van der Waals surface area contributed by atoms with Crippen LogP contribution in [-0.2, 0) is 6.18 Å². The summed E-state index contributed by atoms with van der Waals surface area (Å²) in [5, 5.41) is 11.2. The van der Waals surface area contributed by atoms with Crippen LogP contribution in [0.4, 0.5) is 18.3 Å². The number of benzene rings is 2. The zero-order valence-corrected chi connectivity index (χ0v) is 14.7. The van der Waals surface area contributed by atoms with Gasteiger partial charge in [0.05, 0.1) is 5.56 Å². The van der Waals surface area contributed by atoms with Crippen LogP contribution in [0, 0.1) is 13.8 Å². The fourth-order valence-electron chi connectivity index (χ4n) is 2.52. The number of nitrogens with zero attached hydrogens (tertiary/aromatic N) is 2. The molecule has 1 amide bonds. The molecule has 0 bridgehead atoms. The van der Waals surface area contributed by atoms with Crippen LogP contribution in [0.1, 0.15) is 27.0 Å². The van der Waals surface area contributed by atoms with Gasteiger partial charge in [-0.2, -0.15) is 13.2 Å². The van der Waals surface area contributed by atoms with Gasteiger partial charge in [-0.25, -0.2) is 0 Å². The Hall–Kier alpha value is -2.74. The van der Waals surface area contributed by atoms with Gasteiger partial charge in [-0.15, -0.1) is 10.2 Å². The molecule has 0 aliphatic rings. The van der Waals surface area contributed by atoms with Crippen molar-refractivity contribution in [2.24, 2.45) is 0 Å². The minimum atomic E-state index is -4.38. The fourth-order valence-corrected chi connectivity index (χ4v) is 3.27. The molecule has 8 heteroatoms. The Bertz CT molecular complexity index is 929. The first-order chi connectivity index (χ1) is 12.3. The second-order valence-electron chi connectivity index (χ2n) is 5.71. The third kappa shape index (κ3) is 3.75. The summed E-state index contributed by atoms with van der Waals surface area (Å²) in [6.07, 6.45) is -4.38. The summed E-state index contributed by atoms with van der Waals surface area (Å²) in [6, 6.07) is 10.2. The predicted molar refractivity (Wildman–Crippen MR) is 94.2 cm³/mol. The number of alkyl halides is 3. The van der Waals surface area contributed by atoms with Crippen molar-refractivity contribution in [3.8, 4) is 10.6 Å². The highest BCUT2D eigenvalue weighted by molar-refractivity contribution is 7.18. The Kier molecular flexibility index (Phi) is 4.78. The van der Waals surface area contributed by atoms with E-state index >= 15 is 0 Å². The number of carbonyl (C=O) groups excluding carboxylic acids is 1. The molecule has 0 aliphatic carbocycles. The summed E-state index contributed by atoms with van der Waals surface area (Å²) in [6.45, 7) is 3.69. The molecule has 0 fully saturated rings. The van der Waals surface area contributed by atoms with Crippen LogP contribution in [-0.4, -0.2) is 16.1 Å². The lowest BCUT2D eigenvalue weighted by atomic mass is 10.0. The smallest absolute Gasteiger partial charge is 0.296 e. The second-order valence-corrected chi connectivity index (χ2v) is 6.69. The van der Waals surface area contributed by atoms with Crippen molar-refractivity contribution in [1.29, 1.82) is 0 Å². The maximum Gasteiger partial charge on any atom is 0.416 e. The topological polar surface area (TPSA) is 54.9 Å². The average molecular weight is 377 g/mol. The molecule has 0 saturated heterocycles. The molecule has 1 aromatic heterocycles. The highest BCUT2D eigenvalue weighted by Crippen LogP contribution is 2.32. The number of rotatable bonds is 3. The number of anilines is 1. The van der Waals surface area contributed by atoms with E-state index in [-0.39, 0.29) is 11.0 Å². The number of halogens is 3. The first-order valence-electron chi connectivity index (χ1n) is 7.64. The maximum absolute atomic E-state index is 12.6. The van der Waals surface area contributed by atoms with Crippen LogP contribution in [0.3, 0.4) is 0 Å².